The zero-order chi connectivity index (χ0) is 15.2. The maximum atomic E-state index is 12.2. The van der Waals surface area contributed by atoms with Crippen molar-refractivity contribution in [2.45, 2.75) is 19.1 Å². The number of hydrogen-bond acceptors (Lipinski definition) is 3. The van der Waals surface area contributed by atoms with Gasteiger partial charge in [0.05, 0.1) is 25.0 Å². The lowest BCUT2D eigenvalue weighted by atomic mass is 10.1. The van der Waals surface area contributed by atoms with Crippen molar-refractivity contribution in [2.75, 3.05) is 0 Å². The molecule has 0 aliphatic heterocycles. The van der Waals surface area contributed by atoms with Crippen LogP contribution in [0.3, 0.4) is 0 Å². The Kier molecular flexibility index (Phi) is 4.29. The van der Waals surface area contributed by atoms with E-state index < -0.39 is 0 Å². The fourth-order valence-electron chi connectivity index (χ4n) is 2.30. The van der Waals surface area contributed by atoms with E-state index in [9.17, 15) is 4.79 Å². The molecule has 0 radical (unpaired) electrons. The highest BCUT2D eigenvalue weighted by Gasteiger charge is 2.16. The first kappa shape index (κ1) is 14.1. The molecule has 2 aromatic heterocycles. The van der Waals surface area contributed by atoms with Crippen molar-refractivity contribution in [2.24, 2.45) is 0 Å². The number of aromatic nitrogens is 4. The van der Waals surface area contributed by atoms with Gasteiger partial charge in [-0.2, -0.15) is 15.0 Å². The minimum atomic E-state index is -0.170. The number of benzene rings is 1. The summed E-state index contributed by atoms with van der Waals surface area (Å²) in [6, 6.07) is 13.5. The number of hydrogen-bond donors (Lipinski definition) is 1. The van der Waals surface area contributed by atoms with Crippen LogP contribution in [0.5, 0.6) is 0 Å². The molecule has 0 aliphatic carbocycles. The Morgan fingerprint density at radius 2 is 1.73 bits per heavy atom. The fraction of sp³-hybridized carbons (Fsp3) is 0.188. The first-order valence-electron chi connectivity index (χ1n) is 7.10. The minimum absolute atomic E-state index is 0.0443. The molecule has 0 unspecified atom stereocenters. The summed E-state index contributed by atoms with van der Waals surface area (Å²) in [5, 5.41) is 11.3. The van der Waals surface area contributed by atoms with Crippen LogP contribution in [0.1, 0.15) is 11.6 Å². The summed E-state index contributed by atoms with van der Waals surface area (Å²) < 4.78 is 1.84. The molecular weight excluding hydrogens is 278 g/mol. The van der Waals surface area contributed by atoms with Crippen LogP contribution >= 0.6 is 0 Å². The molecule has 1 aromatic carbocycles. The van der Waals surface area contributed by atoms with Gasteiger partial charge in [0.2, 0.25) is 5.91 Å². The standard InChI is InChI=1S/C16H17N5O/c22-16(13-20-10-4-5-11-20)19-15(12-21-17-8-9-18-21)14-6-2-1-3-7-14/h1-11,15H,12-13H2,(H,19,22)/t15-/m0/s1. The van der Waals surface area contributed by atoms with E-state index in [0.29, 0.717) is 13.1 Å². The van der Waals surface area contributed by atoms with Crippen molar-refractivity contribution in [3.8, 4) is 0 Å². The predicted molar refractivity (Wildman–Crippen MR) is 81.8 cm³/mol. The zero-order valence-electron chi connectivity index (χ0n) is 12.0. The molecule has 6 heteroatoms. The van der Waals surface area contributed by atoms with E-state index in [1.807, 2.05) is 59.4 Å². The first-order chi connectivity index (χ1) is 10.8. The molecule has 0 saturated heterocycles. The molecular formula is C16H17N5O. The van der Waals surface area contributed by atoms with E-state index >= 15 is 0 Å². The average molecular weight is 295 g/mol. The Labute approximate surface area is 128 Å². The van der Waals surface area contributed by atoms with E-state index in [0.717, 1.165) is 5.56 Å². The van der Waals surface area contributed by atoms with Crippen LogP contribution in [-0.2, 0) is 17.9 Å². The van der Waals surface area contributed by atoms with Crippen LogP contribution < -0.4 is 5.32 Å². The van der Waals surface area contributed by atoms with Crippen LogP contribution in [0.15, 0.2) is 67.3 Å². The molecule has 1 N–H and O–H groups in total. The van der Waals surface area contributed by atoms with Gasteiger partial charge in [0.1, 0.15) is 6.54 Å². The molecule has 2 heterocycles. The number of nitrogens with zero attached hydrogens (tertiary/aromatic N) is 4. The van der Waals surface area contributed by atoms with E-state index in [-0.39, 0.29) is 11.9 Å². The largest absolute Gasteiger partial charge is 0.346 e. The summed E-state index contributed by atoms with van der Waals surface area (Å²) in [7, 11) is 0. The molecule has 22 heavy (non-hydrogen) atoms. The van der Waals surface area contributed by atoms with Crippen LogP contribution in [-0.4, -0.2) is 25.5 Å². The van der Waals surface area contributed by atoms with Crippen molar-refractivity contribution in [3.63, 3.8) is 0 Å². The molecule has 0 spiro atoms. The molecule has 112 valence electrons. The highest BCUT2D eigenvalue weighted by atomic mass is 16.2. The second-order valence-electron chi connectivity index (χ2n) is 4.97. The summed E-state index contributed by atoms with van der Waals surface area (Å²) in [5.74, 6) is -0.0443. The van der Waals surface area contributed by atoms with Gasteiger partial charge in [-0.25, -0.2) is 0 Å². The number of amides is 1. The molecule has 0 bridgehead atoms. The Hall–Kier alpha value is -2.89. The highest BCUT2D eigenvalue weighted by molar-refractivity contribution is 5.76. The van der Waals surface area contributed by atoms with Crippen LogP contribution in [0, 0.1) is 0 Å². The van der Waals surface area contributed by atoms with Crippen LogP contribution in [0.2, 0.25) is 0 Å². The smallest absolute Gasteiger partial charge is 0.240 e. The third kappa shape index (κ3) is 3.60. The topological polar surface area (TPSA) is 64.7 Å². The summed E-state index contributed by atoms with van der Waals surface area (Å²) in [6.07, 6.45) is 6.99. The van der Waals surface area contributed by atoms with Crippen molar-refractivity contribution in [1.82, 2.24) is 24.9 Å². The molecule has 3 rings (SSSR count). The van der Waals surface area contributed by atoms with Crippen molar-refractivity contribution in [1.29, 1.82) is 0 Å². The Bertz CT molecular complexity index is 691. The molecule has 3 aromatic rings. The lowest BCUT2D eigenvalue weighted by Gasteiger charge is -2.19. The van der Waals surface area contributed by atoms with Gasteiger partial charge in [0.15, 0.2) is 0 Å². The number of carbonyl (C=O) groups is 1. The quantitative estimate of drug-likeness (QED) is 0.752. The fourth-order valence-corrected chi connectivity index (χ4v) is 2.30. The molecule has 6 nitrogen and oxygen atoms in total. The van der Waals surface area contributed by atoms with Crippen LogP contribution in [0.25, 0.3) is 0 Å². The SMILES string of the molecule is O=C(Cn1cccc1)N[C@@H](Cn1nccn1)c1ccccc1. The summed E-state index contributed by atoms with van der Waals surface area (Å²) >= 11 is 0. The monoisotopic (exact) mass is 295 g/mol. The minimum Gasteiger partial charge on any atom is -0.346 e. The van der Waals surface area contributed by atoms with Crippen molar-refractivity contribution < 1.29 is 4.79 Å². The predicted octanol–water partition coefficient (Wildman–Crippen LogP) is 1.64. The molecule has 0 saturated carbocycles. The lowest BCUT2D eigenvalue weighted by Crippen LogP contribution is -2.34. The van der Waals surface area contributed by atoms with Gasteiger partial charge in [-0.3, -0.25) is 4.79 Å². The van der Waals surface area contributed by atoms with E-state index in [2.05, 4.69) is 15.5 Å². The Morgan fingerprint density at radius 1 is 1.05 bits per heavy atom. The zero-order valence-corrected chi connectivity index (χ0v) is 12.0. The normalized spacial score (nSPS) is 12.0. The summed E-state index contributed by atoms with van der Waals surface area (Å²) in [6.45, 7) is 0.789. The molecule has 0 fully saturated rings. The van der Waals surface area contributed by atoms with E-state index in [1.54, 1.807) is 17.2 Å². The van der Waals surface area contributed by atoms with Gasteiger partial charge in [0, 0.05) is 12.4 Å². The van der Waals surface area contributed by atoms with Gasteiger partial charge < -0.3 is 9.88 Å². The summed E-state index contributed by atoms with van der Waals surface area (Å²) in [4.78, 5) is 13.8. The van der Waals surface area contributed by atoms with Gasteiger partial charge in [-0.15, -0.1) is 0 Å². The Balaban J connectivity index is 1.72. The second kappa shape index (κ2) is 6.71. The third-order valence-corrected chi connectivity index (χ3v) is 3.34. The van der Waals surface area contributed by atoms with Crippen LogP contribution in [0.4, 0.5) is 0 Å². The van der Waals surface area contributed by atoms with Gasteiger partial charge in [-0.05, 0) is 17.7 Å². The van der Waals surface area contributed by atoms with Crippen molar-refractivity contribution in [3.05, 3.63) is 72.8 Å². The average Bonchev–Trinajstić information content (AvgIpc) is 3.21. The molecule has 1 amide bonds. The van der Waals surface area contributed by atoms with Gasteiger partial charge in [0.25, 0.3) is 0 Å². The van der Waals surface area contributed by atoms with E-state index in [4.69, 9.17) is 0 Å². The molecule has 0 aliphatic rings. The number of nitrogens with one attached hydrogen (secondary N) is 1. The van der Waals surface area contributed by atoms with Crippen molar-refractivity contribution >= 4 is 5.91 Å². The Morgan fingerprint density at radius 3 is 2.41 bits per heavy atom. The summed E-state index contributed by atoms with van der Waals surface area (Å²) in [5.41, 5.74) is 1.03. The maximum absolute atomic E-state index is 12.2. The number of carbonyl (C=O) groups excluding carboxylic acids is 1. The highest BCUT2D eigenvalue weighted by Crippen LogP contribution is 2.14. The lowest BCUT2D eigenvalue weighted by molar-refractivity contribution is -0.122. The second-order valence-corrected chi connectivity index (χ2v) is 4.97. The third-order valence-electron chi connectivity index (χ3n) is 3.34. The van der Waals surface area contributed by atoms with Gasteiger partial charge in [-0.1, -0.05) is 30.3 Å². The van der Waals surface area contributed by atoms with Gasteiger partial charge >= 0.3 is 0 Å². The first-order valence-corrected chi connectivity index (χ1v) is 7.10. The maximum Gasteiger partial charge on any atom is 0.240 e. The van der Waals surface area contributed by atoms with E-state index in [1.165, 1.54) is 0 Å². The molecule has 1 atom stereocenters. The number of rotatable bonds is 6.